The number of methoxy groups -OCH3 is 2. The summed E-state index contributed by atoms with van der Waals surface area (Å²) in [7, 11) is 3.33. The molecule has 1 N–H and O–H groups in total. The Bertz CT molecular complexity index is 1500. The number of hydrogen-bond donors (Lipinski definition) is 1. The minimum atomic E-state index is 0.713. The van der Waals surface area contributed by atoms with E-state index in [-0.39, 0.29) is 0 Å². The molecular weight excluding hydrogens is 416 g/mol. The van der Waals surface area contributed by atoms with Gasteiger partial charge in [-0.3, -0.25) is 0 Å². The molecule has 6 rings (SSSR count). The molecule has 0 atom stereocenters. The lowest BCUT2D eigenvalue weighted by Gasteiger charge is -2.30. The summed E-state index contributed by atoms with van der Waals surface area (Å²) < 4.78 is 11.0. The topological polar surface area (TPSA) is 89.0 Å². The van der Waals surface area contributed by atoms with Crippen molar-refractivity contribution in [2.45, 2.75) is 13.0 Å². The molecule has 0 bridgehead atoms. The van der Waals surface area contributed by atoms with Gasteiger partial charge in [-0.25, -0.2) is 19.9 Å². The second kappa shape index (κ2) is 7.74. The molecule has 0 amide bonds. The highest BCUT2D eigenvalue weighted by atomic mass is 16.5. The van der Waals surface area contributed by atoms with Crippen LogP contribution in [0.4, 0.5) is 5.82 Å². The maximum atomic E-state index is 5.51. The summed E-state index contributed by atoms with van der Waals surface area (Å²) in [5.41, 5.74) is 6.73. The number of benzene rings is 1. The van der Waals surface area contributed by atoms with Crippen LogP contribution in [0.5, 0.6) is 11.5 Å². The Labute approximate surface area is 190 Å². The van der Waals surface area contributed by atoms with Crippen molar-refractivity contribution in [2.24, 2.45) is 0 Å². The van der Waals surface area contributed by atoms with Crippen LogP contribution in [0, 0.1) is 0 Å². The van der Waals surface area contributed by atoms with Crippen LogP contribution in [-0.4, -0.2) is 45.7 Å². The minimum Gasteiger partial charge on any atom is -0.493 e. The summed E-state index contributed by atoms with van der Waals surface area (Å²) in [6.45, 7) is 1.54. The molecule has 0 aliphatic carbocycles. The number of aromatic nitrogens is 5. The van der Waals surface area contributed by atoms with Crippen LogP contribution in [0.15, 0.2) is 55.1 Å². The lowest BCUT2D eigenvalue weighted by atomic mass is 9.98. The van der Waals surface area contributed by atoms with Crippen LogP contribution in [0.1, 0.15) is 11.1 Å². The molecule has 5 aromatic rings. The van der Waals surface area contributed by atoms with Crippen molar-refractivity contribution in [3.63, 3.8) is 0 Å². The lowest BCUT2D eigenvalue weighted by molar-refractivity contribution is 0.353. The van der Waals surface area contributed by atoms with Gasteiger partial charge in [-0.2, -0.15) is 0 Å². The predicted molar refractivity (Wildman–Crippen MR) is 127 cm³/mol. The fraction of sp³-hybridized carbons (Fsp3) is 0.200. The molecule has 0 saturated carbocycles. The quantitative estimate of drug-likeness (QED) is 0.451. The molecule has 1 aliphatic rings. The fourth-order valence-electron chi connectivity index (χ4n) is 4.46. The van der Waals surface area contributed by atoms with E-state index in [1.54, 1.807) is 20.5 Å². The van der Waals surface area contributed by atoms with Crippen molar-refractivity contribution in [1.29, 1.82) is 0 Å². The van der Waals surface area contributed by atoms with Crippen LogP contribution in [-0.2, 0) is 13.0 Å². The van der Waals surface area contributed by atoms with Crippen LogP contribution in [0.25, 0.3) is 33.3 Å². The van der Waals surface area contributed by atoms with Gasteiger partial charge in [0.25, 0.3) is 0 Å². The highest BCUT2D eigenvalue weighted by molar-refractivity contribution is 5.88. The first kappa shape index (κ1) is 19.5. The van der Waals surface area contributed by atoms with Crippen molar-refractivity contribution >= 4 is 27.9 Å². The van der Waals surface area contributed by atoms with E-state index in [1.165, 1.54) is 11.1 Å². The molecule has 1 aromatic carbocycles. The number of hydrogen-bond acceptors (Lipinski definition) is 7. The van der Waals surface area contributed by atoms with Gasteiger partial charge >= 0.3 is 0 Å². The van der Waals surface area contributed by atoms with Crippen molar-refractivity contribution in [2.75, 3.05) is 25.7 Å². The van der Waals surface area contributed by atoms with Gasteiger partial charge in [0.2, 0.25) is 0 Å². The first-order chi connectivity index (χ1) is 16.2. The standard InChI is InChI=1S/C25H22N6O2/c1-32-21-10-15-6-8-31(13-18(15)11-22(21)33-2)25-23-20(28-14-29-25)4-3-19(30-23)17-9-16-5-7-26-24(16)27-12-17/h3-5,7,9-12,14H,6,8,13H2,1-2H3,(H,26,27). The van der Waals surface area contributed by atoms with E-state index in [0.717, 1.165) is 63.6 Å². The summed E-state index contributed by atoms with van der Waals surface area (Å²) in [5.74, 6) is 2.33. The fourth-order valence-corrected chi connectivity index (χ4v) is 4.46. The van der Waals surface area contributed by atoms with Crippen LogP contribution in [0.2, 0.25) is 0 Å². The summed E-state index contributed by atoms with van der Waals surface area (Å²) in [6, 6.07) is 12.2. The highest BCUT2D eigenvalue weighted by Crippen LogP contribution is 2.35. The van der Waals surface area contributed by atoms with E-state index in [0.29, 0.717) is 6.54 Å². The Hall–Kier alpha value is -4.20. The van der Waals surface area contributed by atoms with Crippen LogP contribution < -0.4 is 14.4 Å². The average molecular weight is 438 g/mol. The van der Waals surface area contributed by atoms with Gasteiger partial charge < -0.3 is 19.4 Å². The molecule has 8 nitrogen and oxygen atoms in total. The summed E-state index contributed by atoms with van der Waals surface area (Å²) in [4.78, 5) is 23.9. The first-order valence-corrected chi connectivity index (χ1v) is 10.8. The number of H-pyrrole nitrogens is 1. The first-order valence-electron chi connectivity index (χ1n) is 10.8. The molecule has 0 fully saturated rings. The molecule has 1 aliphatic heterocycles. The number of fused-ring (bicyclic) bond motifs is 3. The highest BCUT2D eigenvalue weighted by Gasteiger charge is 2.22. The number of nitrogens with zero attached hydrogens (tertiary/aromatic N) is 5. The van der Waals surface area contributed by atoms with Gasteiger partial charge in [0, 0.05) is 36.4 Å². The number of ether oxygens (including phenoxy) is 2. The third-order valence-corrected chi connectivity index (χ3v) is 6.18. The average Bonchev–Trinajstić information content (AvgIpc) is 3.35. The normalized spacial score (nSPS) is 13.3. The van der Waals surface area contributed by atoms with Gasteiger partial charge in [-0.1, -0.05) is 0 Å². The summed E-state index contributed by atoms with van der Waals surface area (Å²) in [6.07, 6.45) is 6.22. The Balaban J connectivity index is 1.40. The number of pyridine rings is 2. The zero-order chi connectivity index (χ0) is 22.4. The second-order valence-corrected chi connectivity index (χ2v) is 8.05. The van der Waals surface area contributed by atoms with E-state index in [1.807, 2.05) is 30.6 Å². The lowest BCUT2D eigenvalue weighted by Crippen LogP contribution is -2.31. The van der Waals surface area contributed by atoms with E-state index in [4.69, 9.17) is 14.5 Å². The Kier molecular flexibility index (Phi) is 4.57. The number of anilines is 1. The molecule has 33 heavy (non-hydrogen) atoms. The van der Waals surface area contributed by atoms with Gasteiger partial charge in [-0.05, 0) is 53.9 Å². The third-order valence-electron chi connectivity index (χ3n) is 6.18. The van der Waals surface area contributed by atoms with E-state index >= 15 is 0 Å². The summed E-state index contributed by atoms with van der Waals surface area (Å²) >= 11 is 0. The van der Waals surface area contributed by atoms with Crippen molar-refractivity contribution in [3.05, 3.63) is 66.2 Å². The molecule has 5 heterocycles. The predicted octanol–water partition coefficient (Wildman–Crippen LogP) is 4.15. The largest absolute Gasteiger partial charge is 0.493 e. The second-order valence-electron chi connectivity index (χ2n) is 8.05. The van der Waals surface area contributed by atoms with Crippen molar-refractivity contribution < 1.29 is 9.47 Å². The maximum Gasteiger partial charge on any atom is 0.161 e. The Morgan fingerprint density at radius 1 is 0.939 bits per heavy atom. The molecule has 4 aromatic heterocycles. The van der Waals surface area contributed by atoms with Gasteiger partial charge in [0.15, 0.2) is 17.3 Å². The molecule has 0 radical (unpaired) electrons. The zero-order valence-electron chi connectivity index (χ0n) is 18.4. The molecular formula is C25H22N6O2. The minimum absolute atomic E-state index is 0.713. The molecule has 164 valence electrons. The van der Waals surface area contributed by atoms with Crippen molar-refractivity contribution in [3.8, 4) is 22.8 Å². The molecule has 0 saturated heterocycles. The Morgan fingerprint density at radius 3 is 2.64 bits per heavy atom. The smallest absolute Gasteiger partial charge is 0.161 e. The zero-order valence-corrected chi connectivity index (χ0v) is 18.4. The number of rotatable bonds is 4. The van der Waals surface area contributed by atoms with Crippen LogP contribution >= 0.6 is 0 Å². The van der Waals surface area contributed by atoms with Gasteiger partial charge in [0.05, 0.1) is 25.4 Å². The number of aromatic amines is 1. The molecule has 8 heteroatoms. The molecule has 0 spiro atoms. The van der Waals surface area contributed by atoms with Gasteiger partial charge in [0.1, 0.15) is 17.5 Å². The molecule has 0 unspecified atom stereocenters. The summed E-state index contributed by atoms with van der Waals surface area (Å²) in [5, 5.41) is 1.05. The maximum absolute atomic E-state index is 5.51. The third kappa shape index (κ3) is 3.31. The van der Waals surface area contributed by atoms with E-state index < -0.39 is 0 Å². The van der Waals surface area contributed by atoms with E-state index in [9.17, 15) is 0 Å². The van der Waals surface area contributed by atoms with E-state index in [2.05, 4.69) is 43.0 Å². The Morgan fingerprint density at radius 2 is 1.79 bits per heavy atom. The van der Waals surface area contributed by atoms with Crippen molar-refractivity contribution in [1.82, 2.24) is 24.9 Å². The number of nitrogens with one attached hydrogen (secondary N) is 1. The monoisotopic (exact) mass is 438 g/mol. The van der Waals surface area contributed by atoms with Gasteiger partial charge in [-0.15, -0.1) is 0 Å². The SMILES string of the molecule is COc1cc2c(cc1OC)CN(c1ncnc3ccc(-c4cnc5[nH]ccc5c4)nc13)CC2. The van der Waals surface area contributed by atoms with Crippen LogP contribution in [0.3, 0.4) is 0 Å².